The van der Waals surface area contributed by atoms with E-state index in [2.05, 4.69) is 49.7 Å². The third-order valence-electron chi connectivity index (χ3n) is 4.56. The molecule has 0 spiro atoms. The van der Waals surface area contributed by atoms with Crippen molar-refractivity contribution in [1.82, 2.24) is 14.9 Å². The summed E-state index contributed by atoms with van der Waals surface area (Å²) in [6.07, 6.45) is 2.64. The molecule has 3 heteroatoms. The van der Waals surface area contributed by atoms with Gasteiger partial charge < -0.3 is 4.98 Å². The van der Waals surface area contributed by atoms with E-state index in [9.17, 15) is 0 Å². The van der Waals surface area contributed by atoms with Crippen LogP contribution in [0, 0.1) is 19.8 Å². The molecule has 1 atom stereocenters. The van der Waals surface area contributed by atoms with E-state index in [-0.39, 0.29) is 0 Å². The van der Waals surface area contributed by atoms with Crippen molar-refractivity contribution >= 4 is 11.0 Å². The molecule has 3 rings (SSSR count). The highest BCUT2D eigenvalue weighted by Crippen LogP contribution is 2.31. The Morgan fingerprint density at radius 3 is 2.40 bits per heavy atom. The molecule has 2 aromatic rings. The molecule has 1 aliphatic rings. The number of likely N-dealkylation sites (tertiary alicyclic amines) is 1. The fraction of sp³-hybridized carbons (Fsp3) is 0.588. The van der Waals surface area contributed by atoms with Crippen LogP contribution in [0.2, 0.25) is 0 Å². The van der Waals surface area contributed by atoms with Gasteiger partial charge in [-0.2, -0.15) is 0 Å². The molecular formula is C17H25N3. The Balaban J connectivity index is 2.02. The first-order chi connectivity index (χ1) is 9.56. The number of aromatic amines is 1. The number of aromatic nitrogens is 2. The Hall–Kier alpha value is -1.35. The number of rotatable bonds is 3. The maximum Gasteiger partial charge on any atom is 0.124 e. The van der Waals surface area contributed by atoms with E-state index in [1.54, 1.807) is 0 Å². The molecule has 0 amide bonds. The summed E-state index contributed by atoms with van der Waals surface area (Å²) in [7, 11) is 0. The molecule has 1 aromatic carbocycles. The van der Waals surface area contributed by atoms with E-state index in [4.69, 9.17) is 4.98 Å². The smallest absolute Gasteiger partial charge is 0.124 e. The van der Waals surface area contributed by atoms with E-state index in [1.165, 1.54) is 42.6 Å². The largest absolute Gasteiger partial charge is 0.341 e. The molecule has 1 aromatic heterocycles. The minimum Gasteiger partial charge on any atom is -0.341 e. The molecule has 108 valence electrons. The first-order valence-corrected chi connectivity index (χ1v) is 7.77. The van der Waals surface area contributed by atoms with Crippen LogP contribution in [0.3, 0.4) is 0 Å². The zero-order valence-corrected chi connectivity index (χ0v) is 13.0. The molecule has 0 bridgehead atoms. The van der Waals surface area contributed by atoms with Gasteiger partial charge in [0.1, 0.15) is 5.82 Å². The number of hydrogen-bond acceptors (Lipinski definition) is 2. The topological polar surface area (TPSA) is 31.9 Å². The molecule has 2 heterocycles. The number of benzene rings is 1. The summed E-state index contributed by atoms with van der Waals surface area (Å²) in [5.41, 5.74) is 4.92. The van der Waals surface area contributed by atoms with Crippen LogP contribution in [0.1, 0.15) is 49.7 Å². The fourth-order valence-electron chi connectivity index (χ4n) is 3.36. The van der Waals surface area contributed by atoms with Gasteiger partial charge in [-0.1, -0.05) is 13.8 Å². The second kappa shape index (κ2) is 5.21. The molecule has 1 unspecified atom stereocenters. The van der Waals surface area contributed by atoms with E-state index in [0.29, 0.717) is 12.0 Å². The summed E-state index contributed by atoms with van der Waals surface area (Å²) in [5, 5.41) is 0. The van der Waals surface area contributed by atoms with Crippen LogP contribution < -0.4 is 0 Å². The number of imidazole rings is 1. The Morgan fingerprint density at radius 2 is 1.75 bits per heavy atom. The first-order valence-electron chi connectivity index (χ1n) is 7.77. The van der Waals surface area contributed by atoms with E-state index in [1.807, 2.05) is 0 Å². The summed E-state index contributed by atoms with van der Waals surface area (Å²) in [6.45, 7) is 11.3. The molecule has 0 radical (unpaired) electrons. The molecule has 1 saturated heterocycles. The lowest BCUT2D eigenvalue weighted by molar-refractivity contribution is 0.185. The highest BCUT2D eigenvalue weighted by Gasteiger charge is 2.28. The standard InChI is InChI=1S/C17H25N3/c1-11(2)16(20-7-5-6-8-20)17-18-14-9-12(3)13(4)10-15(14)19-17/h9-11,16H,5-8H2,1-4H3,(H,18,19). The minimum absolute atomic E-state index is 0.422. The number of aryl methyl sites for hydroxylation is 2. The van der Waals surface area contributed by atoms with Crippen LogP contribution in [-0.2, 0) is 0 Å². The van der Waals surface area contributed by atoms with Crippen LogP contribution in [-0.4, -0.2) is 28.0 Å². The fourth-order valence-corrected chi connectivity index (χ4v) is 3.36. The molecule has 0 aliphatic carbocycles. The van der Waals surface area contributed by atoms with Gasteiger partial charge in [-0.05, 0) is 69.0 Å². The lowest BCUT2D eigenvalue weighted by atomic mass is 10.0. The van der Waals surface area contributed by atoms with E-state index in [0.717, 1.165) is 11.3 Å². The highest BCUT2D eigenvalue weighted by atomic mass is 15.2. The van der Waals surface area contributed by atoms with Crippen LogP contribution in [0.4, 0.5) is 0 Å². The minimum atomic E-state index is 0.422. The Kier molecular flexibility index (Phi) is 3.55. The SMILES string of the molecule is Cc1cc2nc(C(C(C)C)N3CCCC3)[nH]c2cc1C. The van der Waals surface area contributed by atoms with Gasteiger partial charge in [0, 0.05) is 0 Å². The van der Waals surface area contributed by atoms with Gasteiger partial charge in [-0.3, -0.25) is 4.90 Å². The molecule has 1 fully saturated rings. The van der Waals surface area contributed by atoms with Crippen molar-refractivity contribution in [3.63, 3.8) is 0 Å². The zero-order valence-electron chi connectivity index (χ0n) is 13.0. The molecule has 20 heavy (non-hydrogen) atoms. The summed E-state index contributed by atoms with van der Waals surface area (Å²) in [4.78, 5) is 11.0. The van der Waals surface area contributed by atoms with Gasteiger partial charge in [-0.15, -0.1) is 0 Å². The maximum absolute atomic E-state index is 4.88. The third-order valence-corrected chi connectivity index (χ3v) is 4.56. The highest BCUT2D eigenvalue weighted by molar-refractivity contribution is 5.77. The number of H-pyrrole nitrogens is 1. The Labute approximate surface area is 121 Å². The third kappa shape index (κ3) is 2.35. The van der Waals surface area contributed by atoms with Gasteiger partial charge in [0.25, 0.3) is 0 Å². The maximum atomic E-state index is 4.88. The summed E-state index contributed by atoms with van der Waals surface area (Å²) in [6, 6.07) is 4.85. The zero-order chi connectivity index (χ0) is 14.3. The lowest BCUT2D eigenvalue weighted by Gasteiger charge is -2.28. The number of hydrogen-bond donors (Lipinski definition) is 1. The summed E-state index contributed by atoms with van der Waals surface area (Å²) >= 11 is 0. The molecule has 1 N–H and O–H groups in total. The van der Waals surface area contributed by atoms with Gasteiger partial charge in [-0.25, -0.2) is 4.98 Å². The molecule has 0 saturated carbocycles. The average molecular weight is 271 g/mol. The van der Waals surface area contributed by atoms with Crippen LogP contribution in [0.5, 0.6) is 0 Å². The predicted molar refractivity (Wildman–Crippen MR) is 84.0 cm³/mol. The van der Waals surface area contributed by atoms with Crippen LogP contribution >= 0.6 is 0 Å². The first kappa shape index (κ1) is 13.6. The van der Waals surface area contributed by atoms with E-state index < -0.39 is 0 Å². The van der Waals surface area contributed by atoms with Gasteiger partial charge in [0.2, 0.25) is 0 Å². The van der Waals surface area contributed by atoms with Crippen LogP contribution in [0.15, 0.2) is 12.1 Å². The van der Waals surface area contributed by atoms with Crippen molar-refractivity contribution in [2.24, 2.45) is 5.92 Å². The van der Waals surface area contributed by atoms with Gasteiger partial charge in [0.05, 0.1) is 17.1 Å². The predicted octanol–water partition coefficient (Wildman–Crippen LogP) is 3.97. The van der Waals surface area contributed by atoms with Crippen molar-refractivity contribution in [2.75, 3.05) is 13.1 Å². The van der Waals surface area contributed by atoms with Crippen molar-refractivity contribution < 1.29 is 0 Å². The second-order valence-corrected chi connectivity index (χ2v) is 6.51. The average Bonchev–Trinajstić information content (AvgIpc) is 3.00. The lowest BCUT2D eigenvalue weighted by Crippen LogP contribution is -2.30. The van der Waals surface area contributed by atoms with Crippen LogP contribution in [0.25, 0.3) is 11.0 Å². The van der Waals surface area contributed by atoms with Crippen molar-refractivity contribution in [3.8, 4) is 0 Å². The molecular weight excluding hydrogens is 246 g/mol. The van der Waals surface area contributed by atoms with E-state index >= 15 is 0 Å². The number of fused-ring (bicyclic) bond motifs is 1. The van der Waals surface area contributed by atoms with Crippen molar-refractivity contribution in [3.05, 3.63) is 29.1 Å². The molecule has 1 aliphatic heterocycles. The Bertz CT molecular complexity index is 567. The number of nitrogens with one attached hydrogen (secondary N) is 1. The van der Waals surface area contributed by atoms with Gasteiger partial charge in [0.15, 0.2) is 0 Å². The normalized spacial score (nSPS) is 18.2. The Morgan fingerprint density at radius 1 is 1.10 bits per heavy atom. The second-order valence-electron chi connectivity index (χ2n) is 6.51. The van der Waals surface area contributed by atoms with Gasteiger partial charge >= 0.3 is 0 Å². The van der Waals surface area contributed by atoms with Crippen molar-refractivity contribution in [2.45, 2.75) is 46.6 Å². The monoisotopic (exact) mass is 271 g/mol. The quantitative estimate of drug-likeness (QED) is 0.916. The number of nitrogens with zero attached hydrogens (tertiary/aromatic N) is 2. The summed E-state index contributed by atoms with van der Waals surface area (Å²) in [5.74, 6) is 1.72. The molecule has 3 nitrogen and oxygen atoms in total. The van der Waals surface area contributed by atoms with Crippen molar-refractivity contribution in [1.29, 1.82) is 0 Å². The summed E-state index contributed by atoms with van der Waals surface area (Å²) < 4.78 is 0.